The first-order chi connectivity index (χ1) is 7.90. The van der Waals surface area contributed by atoms with E-state index in [1.807, 2.05) is 24.3 Å². The standard InChI is InChI=1S/C14H18N2/c15-11-12-7-5-6-10-14(12)16-13-8-3-1-2-4-9-13/h5-7,10,13,16H,1-4,8-9H2. The van der Waals surface area contributed by atoms with Gasteiger partial charge in [-0.15, -0.1) is 0 Å². The Labute approximate surface area is 97.3 Å². The molecule has 0 heterocycles. The van der Waals surface area contributed by atoms with Crippen molar-refractivity contribution in [1.29, 1.82) is 5.26 Å². The molecule has 2 heteroatoms. The molecule has 1 N–H and O–H groups in total. The minimum atomic E-state index is 0.553. The summed E-state index contributed by atoms with van der Waals surface area (Å²) in [5.41, 5.74) is 1.75. The second-order valence-electron chi connectivity index (χ2n) is 4.49. The van der Waals surface area contributed by atoms with Crippen molar-refractivity contribution in [3.05, 3.63) is 29.8 Å². The fraction of sp³-hybridized carbons (Fsp3) is 0.500. The van der Waals surface area contributed by atoms with Gasteiger partial charge in [0.05, 0.1) is 11.3 Å². The zero-order valence-electron chi connectivity index (χ0n) is 9.58. The monoisotopic (exact) mass is 214 g/mol. The molecule has 16 heavy (non-hydrogen) atoms. The van der Waals surface area contributed by atoms with Crippen molar-refractivity contribution in [3.63, 3.8) is 0 Å². The van der Waals surface area contributed by atoms with Gasteiger partial charge >= 0.3 is 0 Å². The van der Waals surface area contributed by atoms with E-state index in [0.29, 0.717) is 6.04 Å². The lowest BCUT2D eigenvalue weighted by Crippen LogP contribution is -2.18. The van der Waals surface area contributed by atoms with Crippen LogP contribution in [0.3, 0.4) is 0 Å². The van der Waals surface area contributed by atoms with Crippen LogP contribution in [0.2, 0.25) is 0 Å². The van der Waals surface area contributed by atoms with Crippen LogP contribution in [-0.4, -0.2) is 6.04 Å². The van der Waals surface area contributed by atoms with Gasteiger partial charge in [0.25, 0.3) is 0 Å². The van der Waals surface area contributed by atoms with Gasteiger partial charge in [0.1, 0.15) is 6.07 Å². The van der Waals surface area contributed by atoms with E-state index in [2.05, 4.69) is 11.4 Å². The molecule has 0 unspecified atom stereocenters. The molecule has 1 aliphatic rings. The van der Waals surface area contributed by atoms with Crippen LogP contribution in [0.1, 0.15) is 44.1 Å². The molecule has 2 rings (SSSR count). The fourth-order valence-corrected chi connectivity index (χ4v) is 2.35. The summed E-state index contributed by atoms with van der Waals surface area (Å²) >= 11 is 0. The number of hydrogen-bond donors (Lipinski definition) is 1. The van der Waals surface area contributed by atoms with E-state index in [1.54, 1.807) is 0 Å². The highest BCUT2D eigenvalue weighted by molar-refractivity contribution is 5.57. The molecule has 0 bridgehead atoms. The maximum atomic E-state index is 9.01. The third-order valence-corrected chi connectivity index (χ3v) is 3.26. The average molecular weight is 214 g/mol. The number of hydrogen-bond acceptors (Lipinski definition) is 2. The van der Waals surface area contributed by atoms with E-state index in [4.69, 9.17) is 5.26 Å². The van der Waals surface area contributed by atoms with Gasteiger partial charge in [0, 0.05) is 6.04 Å². The quantitative estimate of drug-likeness (QED) is 0.762. The highest BCUT2D eigenvalue weighted by Gasteiger charge is 2.12. The maximum Gasteiger partial charge on any atom is 0.101 e. The summed E-state index contributed by atoms with van der Waals surface area (Å²) in [5.74, 6) is 0. The Hall–Kier alpha value is -1.49. The Morgan fingerprint density at radius 1 is 1.06 bits per heavy atom. The second kappa shape index (κ2) is 5.55. The summed E-state index contributed by atoms with van der Waals surface area (Å²) in [6.45, 7) is 0. The Bertz CT molecular complexity index is 371. The normalized spacial score (nSPS) is 17.4. The molecular formula is C14H18N2. The van der Waals surface area contributed by atoms with Gasteiger partial charge in [0.2, 0.25) is 0 Å². The zero-order chi connectivity index (χ0) is 11.2. The van der Waals surface area contributed by atoms with Crippen LogP contribution in [-0.2, 0) is 0 Å². The van der Waals surface area contributed by atoms with Gasteiger partial charge in [0.15, 0.2) is 0 Å². The van der Waals surface area contributed by atoms with Crippen LogP contribution >= 0.6 is 0 Å². The Kier molecular flexibility index (Phi) is 3.82. The van der Waals surface area contributed by atoms with Crippen LogP contribution in [0, 0.1) is 11.3 Å². The van der Waals surface area contributed by atoms with E-state index in [1.165, 1.54) is 38.5 Å². The smallest absolute Gasteiger partial charge is 0.101 e. The highest BCUT2D eigenvalue weighted by Crippen LogP contribution is 2.22. The number of para-hydroxylation sites is 1. The largest absolute Gasteiger partial charge is 0.381 e. The topological polar surface area (TPSA) is 35.8 Å². The van der Waals surface area contributed by atoms with Gasteiger partial charge in [-0.3, -0.25) is 0 Å². The first-order valence-electron chi connectivity index (χ1n) is 6.16. The van der Waals surface area contributed by atoms with E-state index in [0.717, 1.165) is 11.3 Å². The van der Waals surface area contributed by atoms with Crippen LogP contribution in [0.5, 0.6) is 0 Å². The maximum absolute atomic E-state index is 9.01. The lowest BCUT2D eigenvalue weighted by molar-refractivity contribution is 0.620. The SMILES string of the molecule is N#Cc1ccccc1NC1CCCCCC1. The Morgan fingerprint density at radius 3 is 2.44 bits per heavy atom. The van der Waals surface area contributed by atoms with Gasteiger partial charge < -0.3 is 5.32 Å². The van der Waals surface area contributed by atoms with Crippen LogP contribution in [0.4, 0.5) is 5.69 Å². The summed E-state index contributed by atoms with van der Waals surface area (Å²) in [6, 6.07) is 10.6. The van der Waals surface area contributed by atoms with E-state index in [9.17, 15) is 0 Å². The molecule has 1 saturated carbocycles. The number of rotatable bonds is 2. The van der Waals surface area contributed by atoms with Crippen LogP contribution in [0.15, 0.2) is 24.3 Å². The average Bonchev–Trinajstić information content (AvgIpc) is 2.58. The van der Waals surface area contributed by atoms with Crippen molar-refractivity contribution in [3.8, 4) is 6.07 Å². The molecule has 0 aliphatic heterocycles. The number of benzene rings is 1. The molecule has 1 aromatic rings. The Morgan fingerprint density at radius 2 is 1.75 bits per heavy atom. The van der Waals surface area contributed by atoms with Crippen LogP contribution < -0.4 is 5.32 Å². The van der Waals surface area contributed by atoms with Gasteiger partial charge in [-0.2, -0.15) is 5.26 Å². The molecule has 0 amide bonds. The summed E-state index contributed by atoms with van der Waals surface area (Å²) in [7, 11) is 0. The molecular weight excluding hydrogens is 196 g/mol. The van der Waals surface area contributed by atoms with E-state index in [-0.39, 0.29) is 0 Å². The first kappa shape index (κ1) is 11.0. The number of nitriles is 1. The van der Waals surface area contributed by atoms with Crippen molar-refractivity contribution >= 4 is 5.69 Å². The fourth-order valence-electron chi connectivity index (χ4n) is 2.35. The second-order valence-corrected chi connectivity index (χ2v) is 4.49. The Balaban J connectivity index is 2.05. The summed E-state index contributed by atoms with van der Waals surface area (Å²) in [5, 5.41) is 12.5. The van der Waals surface area contributed by atoms with Gasteiger partial charge in [-0.05, 0) is 25.0 Å². The lowest BCUT2D eigenvalue weighted by Gasteiger charge is -2.18. The number of nitrogens with one attached hydrogen (secondary N) is 1. The summed E-state index contributed by atoms with van der Waals surface area (Å²) in [4.78, 5) is 0. The van der Waals surface area contributed by atoms with Gasteiger partial charge in [-0.25, -0.2) is 0 Å². The summed E-state index contributed by atoms with van der Waals surface area (Å²) < 4.78 is 0. The third kappa shape index (κ3) is 2.76. The molecule has 1 aliphatic carbocycles. The highest BCUT2D eigenvalue weighted by atomic mass is 14.9. The number of nitrogens with zero attached hydrogens (tertiary/aromatic N) is 1. The summed E-state index contributed by atoms with van der Waals surface area (Å²) in [6.07, 6.45) is 7.81. The van der Waals surface area contributed by atoms with Crippen molar-refractivity contribution in [2.45, 2.75) is 44.6 Å². The molecule has 1 aromatic carbocycles. The first-order valence-corrected chi connectivity index (χ1v) is 6.16. The molecule has 0 radical (unpaired) electrons. The van der Waals surface area contributed by atoms with Crippen molar-refractivity contribution < 1.29 is 0 Å². The zero-order valence-corrected chi connectivity index (χ0v) is 9.58. The third-order valence-electron chi connectivity index (χ3n) is 3.26. The predicted molar refractivity (Wildman–Crippen MR) is 66.3 cm³/mol. The minimum Gasteiger partial charge on any atom is -0.381 e. The molecule has 1 fully saturated rings. The van der Waals surface area contributed by atoms with Crippen molar-refractivity contribution in [2.24, 2.45) is 0 Å². The van der Waals surface area contributed by atoms with E-state index >= 15 is 0 Å². The molecule has 0 saturated heterocycles. The van der Waals surface area contributed by atoms with E-state index < -0.39 is 0 Å². The number of anilines is 1. The lowest BCUT2D eigenvalue weighted by atomic mass is 10.1. The molecule has 0 aromatic heterocycles. The predicted octanol–water partition coefficient (Wildman–Crippen LogP) is 3.69. The molecule has 0 atom stereocenters. The molecule has 2 nitrogen and oxygen atoms in total. The van der Waals surface area contributed by atoms with Crippen molar-refractivity contribution in [1.82, 2.24) is 0 Å². The van der Waals surface area contributed by atoms with Gasteiger partial charge in [-0.1, -0.05) is 37.8 Å². The molecule has 84 valence electrons. The molecule has 0 spiro atoms. The van der Waals surface area contributed by atoms with Crippen LogP contribution in [0.25, 0.3) is 0 Å². The minimum absolute atomic E-state index is 0.553. The van der Waals surface area contributed by atoms with Crippen molar-refractivity contribution in [2.75, 3.05) is 5.32 Å².